The Hall–Kier alpha value is -0.800. The van der Waals surface area contributed by atoms with Gasteiger partial charge in [-0.3, -0.25) is 0 Å². The Labute approximate surface area is 98.2 Å². The molecular formula is C13H23NO2. The molecule has 0 aliphatic carbocycles. The van der Waals surface area contributed by atoms with Gasteiger partial charge in [0.25, 0.3) is 0 Å². The van der Waals surface area contributed by atoms with Crippen LogP contribution >= 0.6 is 0 Å². The van der Waals surface area contributed by atoms with Crippen molar-refractivity contribution >= 4 is 0 Å². The maximum Gasteiger partial charge on any atom is 0.105 e. The Morgan fingerprint density at radius 2 is 2.31 bits per heavy atom. The molecule has 0 amide bonds. The van der Waals surface area contributed by atoms with Crippen LogP contribution in [0.2, 0.25) is 0 Å². The Kier molecular flexibility index (Phi) is 6.93. The van der Waals surface area contributed by atoms with Gasteiger partial charge in [-0.15, -0.1) is 0 Å². The van der Waals surface area contributed by atoms with E-state index in [4.69, 9.17) is 9.15 Å². The standard InChI is InChI=1S/C13H23NO2/c1-3-4-8-15-10-7-14-12(2)11-13-6-5-9-16-13/h5-6,9,12,14H,3-4,7-8,10-11H2,1-2H3. The normalized spacial score (nSPS) is 12.9. The van der Waals surface area contributed by atoms with Crippen molar-refractivity contribution in [2.24, 2.45) is 0 Å². The van der Waals surface area contributed by atoms with Gasteiger partial charge >= 0.3 is 0 Å². The second kappa shape index (κ2) is 8.36. The van der Waals surface area contributed by atoms with Gasteiger partial charge in [0, 0.05) is 25.6 Å². The van der Waals surface area contributed by atoms with Crippen molar-refractivity contribution in [1.29, 1.82) is 0 Å². The number of hydrogen-bond acceptors (Lipinski definition) is 3. The van der Waals surface area contributed by atoms with Crippen molar-refractivity contribution in [2.45, 2.75) is 39.2 Å². The maximum atomic E-state index is 5.47. The maximum absolute atomic E-state index is 5.47. The molecule has 16 heavy (non-hydrogen) atoms. The van der Waals surface area contributed by atoms with Gasteiger partial charge in [-0.1, -0.05) is 13.3 Å². The zero-order valence-corrected chi connectivity index (χ0v) is 10.4. The molecule has 0 radical (unpaired) electrons. The summed E-state index contributed by atoms with van der Waals surface area (Å²) < 4.78 is 10.8. The average molecular weight is 225 g/mol. The second-order valence-corrected chi connectivity index (χ2v) is 4.10. The quantitative estimate of drug-likeness (QED) is 0.656. The Balaban J connectivity index is 1.96. The van der Waals surface area contributed by atoms with Crippen LogP contribution in [0.25, 0.3) is 0 Å². The Bertz CT molecular complexity index is 246. The van der Waals surface area contributed by atoms with Gasteiger partial charge < -0.3 is 14.5 Å². The molecule has 0 saturated carbocycles. The predicted octanol–water partition coefficient (Wildman–Crippen LogP) is 2.62. The number of rotatable bonds is 9. The summed E-state index contributed by atoms with van der Waals surface area (Å²) in [5.41, 5.74) is 0. The third-order valence-electron chi connectivity index (χ3n) is 2.47. The van der Waals surface area contributed by atoms with E-state index in [1.165, 1.54) is 6.42 Å². The zero-order chi connectivity index (χ0) is 11.6. The van der Waals surface area contributed by atoms with Gasteiger partial charge in [-0.25, -0.2) is 0 Å². The van der Waals surface area contributed by atoms with Gasteiger partial charge in [0.1, 0.15) is 5.76 Å². The van der Waals surface area contributed by atoms with Crippen LogP contribution in [0.3, 0.4) is 0 Å². The van der Waals surface area contributed by atoms with Crippen LogP contribution in [0.1, 0.15) is 32.4 Å². The molecule has 1 aromatic heterocycles. The lowest BCUT2D eigenvalue weighted by Gasteiger charge is -2.12. The smallest absolute Gasteiger partial charge is 0.105 e. The summed E-state index contributed by atoms with van der Waals surface area (Å²) in [6.07, 6.45) is 5.00. The first-order valence-corrected chi connectivity index (χ1v) is 6.16. The lowest BCUT2D eigenvalue weighted by Crippen LogP contribution is -2.31. The zero-order valence-electron chi connectivity index (χ0n) is 10.4. The summed E-state index contributed by atoms with van der Waals surface area (Å²) in [6, 6.07) is 4.37. The summed E-state index contributed by atoms with van der Waals surface area (Å²) in [7, 11) is 0. The van der Waals surface area contributed by atoms with Crippen LogP contribution in [-0.2, 0) is 11.2 Å². The third-order valence-corrected chi connectivity index (χ3v) is 2.47. The van der Waals surface area contributed by atoms with Gasteiger partial charge in [-0.2, -0.15) is 0 Å². The summed E-state index contributed by atoms with van der Waals surface area (Å²) in [6.45, 7) is 6.92. The van der Waals surface area contributed by atoms with Crippen molar-refractivity contribution in [3.05, 3.63) is 24.2 Å². The van der Waals surface area contributed by atoms with Crippen molar-refractivity contribution in [3.8, 4) is 0 Å². The molecular weight excluding hydrogens is 202 g/mol. The molecule has 0 aliphatic rings. The van der Waals surface area contributed by atoms with Crippen LogP contribution in [0.15, 0.2) is 22.8 Å². The minimum Gasteiger partial charge on any atom is -0.469 e. The van der Waals surface area contributed by atoms with E-state index in [1.54, 1.807) is 6.26 Å². The summed E-state index contributed by atoms with van der Waals surface area (Å²) >= 11 is 0. The van der Waals surface area contributed by atoms with Gasteiger partial charge in [0.15, 0.2) is 0 Å². The molecule has 1 atom stereocenters. The highest BCUT2D eigenvalue weighted by molar-refractivity contribution is 4.99. The van der Waals surface area contributed by atoms with E-state index >= 15 is 0 Å². The van der Waals surface area contributed by atoms with Crippen LogP contribution < -0.4 is 5.32 Å². The third kappa shape index (κ3) is 5.93. The molecule has 1 unspecified atom stereocenters. The predicted molar refractivity (Wildman–Crippen MR) is 65.6 cm³/mol. The minimum absolute atomic E-state index is 0.431. The molecule has 0 spiro atoms. The van der Waals surface area contributed by atoms with Crippen molar-refractivity contribution in [2.75, 3.05) is 19.8 Å². The van der Waals surface area contributed by atoms with Gasteiger partial charge in [0.2, 0.25) is 0 Å². The summed E-state index contributed by atoms with van der Waals surface area (Å²) in [4.78, 5) is 0. The van der Waals surface area contributed by atoms with E-state index in [0.29, 0.717) is 6.04 Å². The van der Waals surface area contributed by atoms with Crippen LogP contribution in [-0.4, -0.2) is 25.8 Å². The fourth-order valence-electron chi connectivity index (χ4n) is 1.53. The number of hydrogen-bond donors (Lipinski definition) is 1. The van der Waals surface area contributed by atoms with Crippen LogP contribution in [0, 0.1) is 0 Å². The van der Waals surface area contributed by atoms with Crippen molar-refractivity contribution in [3.63, 3.8) is 0 Å². The van der Waals surface area contributed by atoms with Crippen LogP contribution in [0.5, 0.6) is 0 Å². The van der Waals surface area contributed by atoms with E-state index in [2.05, 4.69) is 19.2 Å². The van der Waals surface area contributed by atoms with Crippen molar-refractivity contribution < 1.29 is 9.15 Å². The minimum atomic E-state index is 0.431. The summed E-state index contributed by atoms with van der Waals surface area (Å²) in [5.74, 6) is 1.03. The fraction of sp³-hybridized carbons (Fsp3) is 0.692. The van der Waals surface area contributed by atoms with E-state index in [-0.39, 0.29) is 0 Å². The highest BCUT2D eigenvalue weighted by Gasteiger charge is 2.04. The molecule has 0 bridgehead atoms. The molecule has 1 heterocycles. The van der Waals surface area contributed by atoms with E-state index < -0.39 is 0 Å². The molecule has 3 heteroatoms. The van der Waals surface area contributed by atoms with Gasteiger partial charge in [-0.05, 0) is 25.5 Å². The molecule has 3 nitrogen and oxygen atoms in total. The lowest BCUT2D eigenvalue weighted by molar-refractivity contribution is 0.131. The molecule has 1 N–H and O–H groups in total. The number of furan rings is 1. The highest BCUT2D eigenvalue weighted by atomic mass is 16.5. The SMILES string of the molecule is CCCCOCCNC(C)Cc1ccco1. The van der Waals surface area contributed by atoms with E-state index in [9.17, 15) is 0 Å². The number of ether oxygens (including phenoxy) is 1. The Morgan fingerprint density at radius 3 is 3.00 bits per heavy atom. The van der Waals surface area contributed by atoms with E-state index in [1.807, 2.05) is 12.1 Å². The molecule has 0 aromatic carbocycles. The molecule has 0 aliphatic heterocycles. The van der Waals surface area contributed by atoms with Crippen molar-refractivity contribution in [1.82, 2.24) is 5.32 Å². The second-order valence-electron chi connectivity index (χ2n) is 4.10. The van der Waals surface area contributed by atoms with Gasteiger partial charge in [0.05, 0.1) is 12.9 Å². The Morgan fingerprint density at radius 1 is 1.44 bits per heavy atom. The molecule has 0 saturated heterocycles. The lowest BCUT2D eigenvalue weighted by atomic mass is 10.2. The first-order chi connectivity index (χ1) is 7.83. The molecule has 0 fully saturated rings. The highest BCUT2D eigenvalue weighted by Crippen LogP contribution is 2.03. The number of nitrogens with one attached hydrogen (secondary N) is 1. The molecule has 1 rings (SSSR count). The largest absolute Gasteiger partial charge is 0.469 e. The number of unbranched alkanes of at least 4 members (excludes halogenated alkanes) is 1. The summed E-state index contributed by atoms with van der Waals surface area (Å²) in [5, 5.41) is 3.41. The fourth-order valence-corrected chi connectivity index (χ4v) is 1.53. The first-order valence-electron chi connectivity index (χ1n) is 6.16. The van der Waals surface area contributed by atoms with Crippen LogP contribution in [0.4, 0.5) is 0 Å². The van der Waals surface area contributed by atoms with E-state index in [0.717, 1.165) is 38.4 Å². The first kappa shape index (κ1) is 13.3. The monoisotopic (exact) mass is 225 g/mol. The molecule has 92 valence electrons. The molecule has 1 aromatic rings. The topological polar surface area (TPSA) is 34.4 Å². The average Bonchev–Trinajstić information content (AvgIpc) is 2.76.